The summed E-state index contributed by atoms with van der Waals surface area (Å²) in [6, 6.07) is 6.38. The van der Waals surface area contributed by atoms with Crippen LogP contribution < -0.4 is 5.32 Å². The molecule has 0 aliphatic carbocycles. The van der Waals surface area contributed by atoms with Crippen molar-refractivity contribution < 1.29 is 14.2 Å². The summed E-state index contributed by atoms with van der Waals surface area (Å²) in [6.45, 7) is 2.06. The largest absolute Gasteiger partial charge is 0.394 e. The Morgan fingerprint density at radius 2 is 2.12 bits per heavy atom. The summed E-state index contributed by atoms with van der Waals surface area (Å²) in [7, 11) is 0. The molecule has 1 unspecified atom stereocenters. The lowest BCUT2D eigenvalue weighted by Crippen LogP contribution is -2.53. The fourth-order valence-electron chi connectivity index (χ4n) is 2.11. The lowest BCUT2D eigenvalue weighted by molar-refractivity contribution is 0.0566. The van der Waals surface area contributed by atoms with E-state index < -0.39 is 5.54 Å². The molecule has 1 saturated heterocycles. The molecule has 0 saturated carbocycles. The molecule has 3 nitrogen and oxygen atoms in total. The molecule has 4 heteroatoms. The van der Waals surface area contributed by atoms with Gasteiger partial charge in [0.25, 0.3) is 0 Å². The molecule has 94 valence electrons. The number of benzene rings is 1. The van der Waals surface area contributed by atoms with Gasteiger partial charge in [0.05, 0.1) is 18.8 Å². The van der Waals surface area contributed by atoms with E-state index in [1.54, 1.807) is 12.1 Å². The number of hydrogen-bond donors (Lipinski definition) is 2. The average molecular weight is 239 g/mol. The molecule has 0 spiro atoms. The Hall–Kier alpha value is -0.970. The van der Waals surface area contributed by atoms with Crippen molar-refractivity contribution in [3.63, 3.8) is 0 Å². The van der Waals surface area contributed by atoms with E-state index in [0.29, 0.717) is 13.0 Å². The third-order valence-corrected chi connectivity index (χ3v) is 3.10. The van der Waals surface area contributed by atoms with E-state index in [-0.39, 0.29) is 12.4 Å². The minimum absolute atomic E-state index is 0.0182. The van der Waals surface area contributed by atoms with Gasteiger partial charge in [0.1, 0.15) is 5.82 Å². The third kappa shape index (κ3) is 3.25. The number of hydrogen-bond acceptors (Lipinski definition) is 3. The molecule has 1 aromatic carbocycles. The van der Waals surface area contributed by atoms with Crippen molar-refractivity contribution in [2.45, 2.75) is 18.4 Å². The average Bonchev–Trinajstić information content (AvgIpc) is 2.58. The molecule has 17 heavy (non-hydrogen) atoms. The highest BCUT2D eigenvalue weighted by Crippen LogP contribution is 2.16. The first-order valence-electron chi connectivity index (χ1n) is 5.92. The third-order valence-electron chi connectivity index (χ3n) is 3.10. The Labute approximate surface area is 101 Å². The van der Waals surface area contributed by atoms with E-state index in [4.69, 9.17) is 4.74 Å². The number of rotatable bonds is 3. The predicted molar refractivity (Wildman–Crippen MR) is 63.4 cm³/mol. The molecule has 0 aromatic heterocycles. The Morgan fingerprint density at radius 3 is 2.82 bits per heavy atom. The van der Waals surface area contributed by atoms with Crippen molar-refractivity contribution >= 4 is 0 Å². The van der Waals surface area contributed by atoms with Gasteiger partial charge in [-0.05, 0) is 37.1 Å². The Kier molecular flexibility index (Phi) is 4.10. The molecule has 0 bridgehead atoms. The standard InChI is InChI=1S/C13H18FNO2/c14-12-4-2-11(3-5-12)8-13(9-16)10-17-7-1-6-15-13/h2-5,15-16H,1,6-10H2. The monoisotopic (exact) mass is 239 g/mol. The van der Waals surface area contributed by atoms with E-state index in [1.807, 2.05) is 0 Å². The van der Waals surface area contributed by atoms with Gasteiger partial charge < -0.3 is 15.2 Å². The molecule has 0 amide bonds. The van der Waals surface area contributed by atoms with E-state index >= 15 is 0 Å². The molecule has 1 heterocycles. The van der Waals surface area contributed by atoms with Gasteiger partial charge in [-0.15, -0.1) is 0 Å². The molecular formula is C13H18FNO2. The molecule has 0 radical (unpaired) electrons. The minimum Gasteiger partial charge on any atom is -0.394 e. The van der Waals surface area contributed by atoms with Crippen LogP contribution in [0.25, 0.3) is 0 Å². The van der Waals surface area contributed by atoms with Crippen LogP contribution >= 0.6 is 0 Å². The van der Waals surface area contributed by atoms with Gasteiger partial charge in [0, 0.05) is 6.61 Å². The summed E-state index contributed by atoms with van der Waals surface area (Å²) < 4.78 is 18.3. The Bertz CT molecular complexity index is 345. The van der Waals surface area contributed by atoms with Crippen LogP contribution in [0.2, 0.25) is 0 Å². The quantitative estimate of drug-likeness (QED) is 0.830. The lowest BCUT2D eigenvalue weighted by Gasteiger charge is -2.31. The SMILES string of the molecule is OCC1(Cc2ccc(F)cc2)COCCCN1. The molecule has 2 N–H and O–H groups in total. The van der Waals surface area contributed by atoms with Crippen LogP contribution in [0.5, 0.6) is 0 Å². The van der Waals surface area contributed by atoms with Gasteiger partial charge >= 0.3 is 0 Å². The van der Waals surface area contributed by atoms with Crippen LogP contribution in [0.4, 0.5) is 4.39 Å². The van der Waals surface area contributed by atoms with Crippen LogP contribution in [-0.4, -0.2) is 37.0 Å². The van der Waals surface area contributed by atoms with Crippen molar-refractivity contribution in [2.75, 3.05) is 26.4 Å². The van der Waals surface area contributed by atoms with Crippen LogP contribution in [0.1, 0.15) is 12.0 Å². The molecule has 2 rings (SSSR count). The van der Waals surface area contributed by atoms with Gasteiger partial charge in [0.2, 0.25) is 0 Å². The second-order valence-corrected chi connectivity index (χ2v) is 4.57. The second kappa shape index (κ2) is 5.58. The lowest BCUT2D eigenvalue weighted by atomic mass is 9.92. The highest BCUT2D eigenvalue weighted by molar-refractivity contribution is 5.19. The summed E-state index contributed by atoms with van der Waals surface area (Å²) >= 11 is 0. The number of nitrogens with one attached hydrogen (secondary N) is 1. The molecule has 1 aliphatic rings. The number of halogens is 1. The zero-order valence-corrected chi connectivity index (χ0v) is 9.79. The summed E-state index contributed by atoms with van der Waals surface area (Å²) in [5, 5.41) is 12.9. The second-order valence-electron chi connectivity index (χ2n) is 4.57. The molecular weight excluding hydrogens is 221 g/mol. The summed E-state index contributed by atoms with van der Waals surface area (Å²) in [5.74, 6) is -0.239. The van der Waals surface area contributed by atoms with Crippen LogP contribution in [0.3, 0.4) is 0 Å². The van der Waals surface area contributed by atoms with E-state index in [1.165, 1.54) is 12.1 Å². The first kappa shape index (κ1) is 12.5. The summed E-state index contributed by atoms with van der Waals surface area (Å²) in [4.78, 5) is 0. The maximum atomic E-state index is 12.8. The highest BCUT2D eigenvalue weighted by atomic mass is 19.1. The maximum absolute atomic E-state index is 12.8. The highest BCUT2D eigenvalue weighted by Gasteiger charge is 2.30. The zero-order chi connectivity index (χ0) is 12.1. The summed E-state index contributed by atoms with van der Waals surface area (Å²) in [6.07, 6.45) is 1.59. The molecule has 1 aliphatic heterocycles. The molecule has 1 atom stereocenters. The van der Waals surface area contributed by atoms with Crippen LogP contribution in [-0.2, 0) is 11.2 Å². The Balaban J connectivity index is 2.09. The van der Waals surface area contributed by atoms with Crippen molar-refractivity contribution in [3.8, 4) is 0 Å². The topological polar surface area (TPSA) is 41.5 Å². The van der Waals surface area contributed by atoms with Crippen molar-refractivity contribution in [1.29, 1.82) is 0 Å². The van der Waals surface area contributed by atoms with Gasteiger partial charge in [-0.25, -0.2) is 4.39 Å². The van der Waals surface area contributed by atoms with Crippen molar-refractivity contribution in [1.82, 2.24) is 5.32 Å². The van der Waals surface area contributed by atoms with Crippen LogP contribution in [0, 0.1) is 5.82 Å². The first-order valence-corrected chi connectivity index (χ1v) is 5.92. The smallest absolute Gasteiger partial charge is 0.123 e. The van der Waals surface area contributed by atoms with Crippen molar-refractivity contribution in [2.24, 2.45) is 0 Å². The van der Waals surface area contributed by atoms with E-state index in [0.717, 1.165) is 25.1 Å². The summed E-state index contributed by atoms with van der Waals surface area (Å²) in [5.41, 5.74) is 0.562. The number of aliphatic hydroxyl groups is 1. The minimum atomic E-state index is -0.436. The van der Waals surface area contributed by atoms with E-state index in [9.17, 15) is 9.50 Å². The van der Waals surface area contributed by atoms with Crippen molar-refractivity contribution in [3.05, 3.63) is 35.6 Å². The van der Waals surface area contributed by atoms with Gasteiger partial charge in [-0.1, -0.05) is 12.1 Å². The number of ether oxygens (including phenoxy) is 1. The molecule has 1 aromatic rings. The maximum Gasteiger partial charge on any atom is 0.123 e. The van der Waals surface area contributed by atoms with Crippen LogP contribution in [0.15, 0.2) is 24.3 Å². The van der Waals surface area contributed by atoms with E-state index in [2.05, 4.69) is 5.32 Å². The zero-order valence-electron chi connectivity index (χ0n) is 9.79. The normalized spacial score (nSPS) is 25.5. The predicted octanol–water partition coefficient (Wildman–Crippen LogP) is 1.11. The van der Waals surface area contributed by atoms with Gasteiger partial charge in [-0.2, -0.15) is 0 Å². The Morgan fingerprint density at radius 1 is 1.35 bits per heavy atom. The van der Waals surface area contributed by atoms with Gasteiger partial charge in [0.15, 0.2) is 0 Å². The number of aliphatic hydroxyl groups excluding tert-OH is 1. The molecule has 1 fully saturated rings. The first-order chi connectivity index (χ1) is 8.24. The fraction of sp³-hybridized carbons (Fsp3) is 0.538. The van der Waals surface area contributed by atoms with Gasteiger partial charge in [-0.3, -0.25) is 0 Å². The fourth-order valence-corrected chi connectivity index (χ4v) is 2.11.